The normalized spacial score (nSPS) is 21.5. The van der Waals surface area contributed by atoms with Gasteiger partial charge in [0.15, 0.2) is 0 Å². The molecule has 1 rings (SSSR count). The molecule has 86 valence electrons. The van der Waals surface area contributed by atoms with Gasteiger partial charge in [0.1, 0.15) is 6.04 Å². The van der Waals surface area contributed by atoms with E-state index in [-0.39, 0.29) is 6.04 Å². The van der Waals surface area contributed by atoms with Gasteiger partial charge in [-0.3, -0.25) is 0 Å². The average Bonchev–Trinajstić information content (AvgIpc) is 2.26. The molecule has 1 unspecified atom stereocenters. The zero-order valence-electron chi connectivity index (χ0n) is 10.2. The molecular formula is C12H23N3. The second-order valence-corrected chi connectivity index (χ2v) is 4.85. The number of hydrogen-bond donors (Lipinski definition) is 1. The molecule has 0 bridgehead atoms. The molecule has 1 heterocycles. The van der Waals surface area contributed by atoms with Crippen molar-refractivity contribution in [2.75, 3.05) is 26.7 Å². The van der Waals surface area contributed by atoms with Crippen molar-refractivity contribution >= 4 is 0 Å². The van der Waals surface area contributed by atoms with Crippen LogP contribution in [0.5, 0.6) is 0 Å². The summed E-state index contributed by atoms with van der Waals surface area (Å²) < 4.78 is 0. The monoisotopic (exact) mass is 209 g/mol. The van der Waals surface area contributed by atoms with E-state index in [1.165, 1.54) is 12.8 Å². The first-order chi connectivity index (χ1) is 7.17. The first-order valence-corrected chi connectivity index (χ1v) is 5.96. The van der Waals surface area contributed by atoms with E-state index in [4.69, 9.17) is 5.26 Å². The second kappa shape index (κ2) is 6.09. The van der Waals surface area contributed by atoms with E-state index in [9.17, 15) is 0 Å². The predicted octanol–water partition coefficient (Wildman–Crippen LogP) is 1.47. The lowest BCUT2D eigenvalue weighted by atomic mass is 9.86. The Labute approximate surface area is 93.5 Å². The zero-order chi connectivity index (χ0) is 11.3. The van der Waals surface area contributed by atoms with E-state index in [2.05, 4.69) is 30.1 Å². The maximum absolute atomic E-state index is 8.86. The van der Waals surface area contributed by atoms with Crippen LogP contribution in [0.3, 0.4) is 0 Å². The average molecular weight is 209 g/mol. The van der Waals surface area contributed by atoms with Crippen LogP contribution in [0, 0.1) is 23.2 Å². The number of piperidine rings is 1. The zero-order valence-corrected chi connectivity index (χ0v) is 10.2. The van der Waals surface area contributed by atoms with E-state index in [0.29, 0.717) is 0 Å². The fourth-order valence-corrected chi connectivity index (χ4v) is 2.26. The topological polar surface area (TPSA) is 39.1 Å². The fraction of sp³-hybridized carbons (Fsp3) is 0.917. The van der Waals surface area contributed by atoms with Gasteiger partial charge in [0.05, 0.1) is 6.07 Å². The van der Waals surface area contributed by atoms with Crippen molar-refractivity contribution in [1.82, 2.24) is 10.2 Å². The molecule has 0 aromatic heterocycles. The van der Waals surface area contributed by atoms with Crippen molar-refractivity contribution in [1.29, 1.82) is 5.26 Å². The quantitative estimate of drug-likeness (QED) is 0.762. The highest BCUT2D eigenvalue weighted by atomic mass is 15.1. The number of nitrogens with one attached hydrogen (secondary N) is 1. The highest BCUT2D eigenvalue weighted by Crippen LogP contribution is 2.24. The Hall–Kier alpha value is -0.590. The van der Waals surface area contributed by atoms with E-state index >= 15 is 0 Å². The Morgan fingerprint density at radius 3 is 2.40 bits per heavy atom. The fourth-order valence-electron chi connectivity index (χ4n) is 2.26. The van der Waals surface area contributed by atoms with Crippen LogP contribution < -0.4 is 5.32 Å². The first kappa shape index (κ1) is 12.5. The summed E-state index contributed by atoms with van der Waals surface area (Å²) in [6.07, 6.45) is 2.58. The van der Waals surface area contributed by atoms with Crippen molar-refractivity contribution in [2.24, 2.45) is 11.8 Å². The van der Waals surface area contributed by atoms with Crippen molar-refractivity contribution in [3.8, 4) is 6.07 Å². The number of rotatable bonds is 4. The Kier molecular flexibility index (Phi) is 5.07. The van der Waals surface area contributed by atoms with Gasteiger partial charge in [-0.15, -0.1) is 0 Å². The van der Waals surface area contributed by atoms with Gasteiger partial charge in [-0.2, -0.15) is 5.26 Å². The molecule has 0 saturated carbocycles. The molecular weight excluding hydrogens is 186 g/mol. The number of nitrogens with zero attached hydrogens (tertiary/aromatic N) is 2. The lowest BCUT2D eigenvalue weighted by molar-refractivity contribution is 0.153. The molecule has 1 aliphatic heterocycles. The van der Waals surface area contributed by atoms with Crippen molar-refractivity contribution in [3.63, 3.8) is 0 Å². The van der Waals surface area contributed by atoms with Gasteiger partial charge in [0, 0.05) is 6.54 Å². The molecule has 0 aliphatic carbocycles. The van der Waals surface area contributed by atoms with Crippen molar-refractivity contribution < 1.29 is 0 Å². The van der Waals surface area contributed by atoms with Crippen LogP contribution in [0.25, 0.3) is 0 Å². The molecule has 15 heavy (non-hydrogen) atoms. The SMILES string of the molecule is CNC(C#N)CN1CCC(C(C)C)CC1. The van der Waals surface area contributed by atoms with Crippen molar-refractivity contribution in [2.45, 2.75) is 32.7 Å². The minimum Gasteiger partial charge on any atom is -0.304 e. The lowest BCUT2D eigenvalue weighted by Crippen LogP contribution is -2.43. The van der Waals surface area contributed by atoms with E-state index in [1.807, 2.05) is 7.05 Å². The summed E-state index contributed by atoms with van der Waals surface area (Å²) in [5.74, 6) is 1.69. The van der Waals surface area contributed by atoms with Crippen LogP contribution in [0.1, 0.15) is 26.7 Å². The van der Waals surface area contributed by atoms with Crippen LogP contribution >= 0.6 is 0 Å². The van der Waals surface area contributed by atoms with Gasteiger partial charge in [-0.05, 0) is 44.8 Å². The molecule has 0 aromatic carbocycles. The maximum atomic E-state index is 8.86. The Morgan fingerprint density at radius 1 is 1.40 bits per heavy atom. The Bertz CT molecular complexity index is 211. The van der Waals surface area contributed by atoms with Crippen LogP contribution in [0.2, 0.25) is 0 Å². The second-order valence-electron chi connectivity index (χ2n) is 4.85. The minimum absolute atomic E-state index is 0.0133. The summed E-state index contributed by atoms with van der Waals surface area (Å²) in [6, 6.07) is 2.27. The molecule has 0 aromatic rings. The summed E-state index contributed by atoms with van der Waals surface area (Å²) in [6.45, 7) is 7.81. The van der Waals surface area contributed by atoms with Crippen LogP contribution in [0.4, 0.5) is 0 Å². The molecule has 0 spiro atoms. The largest absolute Gasteiger partial charge is 0.304 e. The van der Waals surface area contributed by atoms with Gasteiger partial charge in [0.25, 0.3) is 0 Å². The third kappa shape index (κ3) is 3.81. The van der Waals surface area contributed by atoms with Gasteiger partial charge in [0.2, 0.25) is 0 Å². The van der Waals surface area contributed by atoms with Crippen molar-refractivity contribution in [3.05, 3.63) is 0 Å². The molecule has 1 N–H and O–H groups in total. The van der Waals surface area contributed by atoms with Gasteiger partial charge in [-0.25, -0.2) is 0 Å². The molecule has 1 aliphatic rings. The summed E-state index contributed by atoms with van der Waals surface area (Å²) >= 11 is 0. The number of hydrogen-bond acceptors (Lipinski definition) is 3. The van der Waals surface area contributed by atoms with Gasteiger partial charge in [-0.1, -0.05) is 13.8 Å². The Morgan fingerprint density at radius 2 is 2.00 bits per heavy atom. The number of nitriles is 1. The number of likely N-dealkylation sites (N-methyl/N-ethyl adjacent to an activating group) is 1. The lowest BCUT2D eigenvalue weighted by Gasteiger charge is -2.34. The summed E-state index contributed by atoms with van der Waals surface area (Å²) in [5, 5.41) is 11.9. The minimum atomic E-state index is -0.0133. The standard InChI is InChI=1S/C12H23N3/c1-10(2)11-4-6-15(7-5-11)9-12(8-13)14-3/h10-12,14H,4-7,9H2,1-3H3. The molecule has 3 heteroatoms. The predicted molar refractivity (Wildman–Crippen MR) is 62.5 cm³/mol. The molecule has 0 radical (unpaired) electrons. The molecule has 1 fully saturated rings. The molecule has 1 atom stereocenters. The molecule has 3 nitrogen and oxygen atoms in total. The highest BCUT2D eigenvalue weighted by molar-refractivity contribution is 4.91. The summed E-state index contributed by atoms with van der Waals surface area (Å²) in [4.78, 5) is 2.41. The van der Waals surface area contributed by atoms with Gasteiger partial charge >= 0.3 is 0 Å². The first-order valence-electron chi connectivity index (χ1n) is 5.96. The van der Waals surface area contributed by atoms with E-state index in [0.717, 1.165) is 31.5 Å². The third-order valence-corrected chi connectivity index (χ3v) is 3.52. The molecule has 1 saturated heterocycles. The molecule has 0 amide bonds. The maximum Gasteiger partial charge on any atom is 0.108 e. The van der Waals surface area contributed by atoms with E-state index in [1.54, 1.807) is 0 Å². The van der Waals surface area contributed by atoms with Crippen LogP contribution in [-0.4, -0.2) is 37.6 Å². The highest BCUT2D eigenvalue weighted by Gasteiger charge is 2.22. The smallest absolute Gasteiger partial charge is 0.108 e. The third-order valence-electron chi connectivity index (χ3n) is 3.52. The van der Waals surface area contributed by atoms with E-state index < -0.39 is 0 Å². The van der Waals surface area contributed by atoms with Crippen LogP contribution in [-0.2, 0) is 0 Å². The number of likely N-dealkylation sites (tertiary alicyclic amines) is 1. The van der Waals surface area contributed by atoms with Crippen LogP contribution in [0.15, 0.2) is 0 Å². The van der Waals surface area contributed by atoms with Gasteiger partial charge < -0.3 is 10.2 Å². The summed E-state index contributed by atoms with van der Waals surface area (Å²) in [7, 11) is 1.86. The summed E-state index contributed by atoms with van der Waals surface area (Å²) in [5.41, 5.74) is 0. The Balaban J connectivity index is 2.29.